The van der Waals surface area contributed by atoms with Crippen LogP contribution in [0.3, 0.4) is 0 Å². The van der Waals surface area contributed by atoms with Gasteiger partial charge in [-0.15, -0.1) is 11.3 Å². The molecule has 0 aromatic carbocycles. The van der Waals surface area contributed by atoms with Crippen molar-refractivity contribution in [3.8, 4) is 0 Å². The number of nitrogens with zero attached hydrogens (tertiary/aromatic N) is 2. The molecule has 0 bridgehead atoms. The zero-order valence-corrected chi connectivity index (χ0v) is 13.5. The molecule has 4 nitrogen and oxygen atoms in total. The van der Waals surface area contributed by atoms with Crippen molar-refractivity contribution in [2.75, 3.05) is 19.6 Å². The molecule has 0 unspecified atom stereocenters. The molecular formula is C14H22N2O2S2. The Balaban J connectivity index is 1.83. The van der Waals surface area contributed by atoms with E-state index in [0.717, 1.165) is 25.7 Å². The van der Waals surface area contributed by atoms with Crippen LogP contribution in [-0.2, 0) is 10.2 Å². The van der Waals surface area contributed by atoms with Gasteiger partial charge in [-0.05, 0) is 43.0 Å². The molecule has 0 amide bonds. The first-order valence-corrected chi connectivity index (χ1v) is 9.67. The fraction of sp³-hybridized carbons (Fsp3) is 0.714. The number of piperidine rings is 1. The van der Waals surface area contributed by atoms with Gasteiger partial charge in [0.05, 0.1) is 6.04 Å². The SMILES string of the molecule is C[C@H]1CCCN(S(=O)(=O)N2CCC[C@H]2c2cccs2)C1. The van der Waals surface area contributed by atoms with Crippen LogP contribution in [-0.4, -0.2) is 36.7 Å². The van der Waals surface area contributed by atoms with Crippen molar-refractivity contribution in [3.63, 3.8) is 0 Å². The van der Waals surface area contributed by atoms with Gasteiger partial charge in [-0.25, -0.2) is 0 Å². The first kappa shape index (κ1) is 14.5. The lowest BCUT2D eigenvalue weighted by Crippen LogP contribution is -2.47. The van der Waals surface area contributed by atoms with Crippen molar-refractivity contribution in [2.45, 2.75) is 38.6 Å². The van der Waals surface area contributed by atoms with Crippen LogP contribution in [0.1, 0.15) is 43.5 Å². The molecule has 2 aliphatic heterocycles. The highest BCUT2D eigenvalue weighted by Crippen LogP contribution is 2.38. The van der Waals surface area contributed by atoms with Crippen LogP contribution in [0, 0.1) is 5.92 Å². The van der Waals surface area contributed by atoms with E-state index in [-0.39, 0.29) is 6.04 Å². The van der Waals surface area contributed by atoms with Crippen molar-refractivity contribution in [1.29, 1.82) is 0 Å². The van der Waals surface area contributed by atoms with Crippen LogP contribution < -0.4 is 0 Å². The maximum atomic E-state index is 12.9. The van der Waals surface area contributed by atoms with Gasteiger partial charge in [-0.1, -0.05) is 13.0 Å². The Labute approximate surface area is 125 Å². The number of rotatable bonds is 3. The Bertz CT molecular complexity index is 542. The van der Waals surface area contributed by atoms with E-state index in [1.165, 1.54) is 4.88 Å². The summed E-state index contributed by atoms with van der Waals surface area (Å²) in [5, 5.41) is 2.03. The summed E-state index contributed by atoms with van der Waals surface area (Å²) in [6.45, 7) is 4.16. The maximum absolute atomic E-state index is 12.9. The largest absolute Gasteiger partial charge is 0.282 e. The third-order valence-electron chi connectivity index (χ3n) is 4.32. The van der Waals surface area contributed by atoms with Gasteiger partial charge in [0.25, 0.3) is 10.2 Å². The second-order valence-corrected chi connectivity index (χ2v) is 8.76. The molecular weight excluding hydrogens is 292 g/mol. The van der Waals surface area contributed by atoms with Crippen LogP contribution in [0.2, 0.25) is 0 Å². The van der Waals surface area contributed by atoms with Crippen LogP contribution >= 0.6 is 11.3 Å². The molecule has 20 heavy (non-hydrogen) atoms. The Kier molecular flexibility index (Phi) is 4.17. The van der Waals surface area contributed by atoms with Crippen LogP contribution in [0.15, 0.2) is 17.5 Å². The van der Waals surface area contributed by atoms with Crippen molar-refractivity contribution < 1.29 is 8.42 Å². The summed E-state index contributed by atoms with van der Waals surface area (Å²) >= 11 is 1.66. The van der Waals surface area contributed by atoms with Gasteiger partial charge in [-0.3, -0.25) is 0 Å². The predicted octanol–water partition coefficient (Wildman–Crippen LogP) is 2.86. The molecule has 2 atom stereocenters. The van der Waals surface area contributed by atoms with E-state index >= 15 is 0 Å². The van der Waals surface area contributed by atoms with E-state index in [1.54, 1.807) is 19.9 Å². The average Bonchev–Trinajstić information content (AvgIpc) is 3.09. The fourth-order valence-electron chi connectivity index (χ4n) is 3.29. The Morgan fingerprint density at radius 2 is 2.05 bits per heavy atom. The second-order valence-electron chi connectivity index (χ2n) is 5.90. The highest BCUT2D eigenvalue weighted by Gasteiger charge is 2.40. The van der Waals surface area contributed by atoms with Crippen LogP contribution in [0.4, 0.5) is 0 Å². The Hall–Kier alpha value is -0.430. The summed E-state index contributed by atoms with van der Waals surface area (Å²) < 4.78 is 29.2. The summed E-state index contributed by atoms with van der Waals surface area (Å²) in [6.07, 6.45) is 4.03. The van der Waals surface area contributed by atoms with Crippen molar-refractivity contribution in [3.05, 3.63) is 22.4 Å². The van der Waals surface area contributed by atoms with Gasteiger partial charge in [0.2, 0.25) is 0 Å². The molecule has 3 heterocycles. The van der Waals surface area contributed by atoms with Gasteiger partial charge in [0.15, 0.2) is 0 Å². The smallest absolute Gasteiger partial charge is 0.195 e. The van der Waals surface area contributed by atoms with Gasteiger partial charge < -0.3 is 0 Å². The summed E-state index contributed by atoms with van der Waals surface area (Å²) in [4.78, 5) is 1.18. The lowest BCUT2D eigenvalue weighted by molar-refractivity contribution is 0.254. The number of hydrogen-bond donors (Lipinski definition) is 0. The molecule has 0 radical (unpaired) electrons. The summed E-state index contributed by atoms with van der Waals surface area (Å²) in [6, 6.07) is 4.12. The lowest BCUT2D eigenvalue weighted by atomic mass is 10.0. The van der Waals surface area contributed by atoms with E-state index in [4.69, 9.17) is 0 Å². The summed E-state index contributed by atoms with van der Waals surface area (Å²) in [5.41, 5.74) is 0. The van der Waals surface area contributed by atoms with E-state index in [2.05, 4.69) is 13.0 Å². The van der Waals surface area contributed by atoms with Crippen molar-refractivity contribution in [1.82, 2.24) is 8.61 Å². The molecule has 0 N–H and O–H groups in total. The van der Waals surface area contributed by atoms with Crippen LogP contribution in [0.25, 0.3) is 0 Å². The van der Waals surface area contributed by atoms with Crippen LogP contribution in [0.5, 0.6) is 0 Å². The highest BCUT2D eigenvalue weighted by molar-refractivity contribution is 7.86. The molecule has 3 rings (SSSR count). The minimum atomic E-state index is -3.30. The summed E-state index contributed by atoms with van der Waals surface area (Å²) in [7, 11) is -3.30. The molecule has 6 heteroatoms. The molecule has 0 saturated carbocycles. The Morgan fingerprint density at radius 1 is 1.25 bits per heavy atom. The average molecular weight is 314 g/mol. The van der Waals surface area contributed by atoms with Gasteiger partial charge in [0.1, 0.15) is 0 Å². The van der Waals surface area contributed by atoms with Gasteiger partial charge in [0, 0.05) is 24.5 Å². The standard InChI is InChI=1S/C14H22N2O2S2/c1-12-5-2-8-15(11-12)20(17,18)16-9-3-6-13(16)14-7-4-10-19-14/h4,7,10,12-13H,2-3,5-6,8-9,11H2,1H3/t12-,13-/m0/s1. The van der Waals surface area contributed by atoms with E-state index in [9.17, 15) is 8.42 Å². The predicted molar refractivity (Wildman–Crippen MR) is 81.9 cm³/mol. The molecule has 2 fully saturated rings. The monoisotopic (exact) mass is 314 g/mol. The normalized spacial score (nSPS) is 29.9. The summed E-state index contributed by atoms with van der Waals surface area (Å²) in [5.74, 6) is 0.473. The molecule has 112 valence electrons. The topological polar surface area (TPSA) is 40.6 Å². The maximum Gasteiger partial charge on any atom is 0.282 e. The number of thiophene rings is 1. The quantitative estimate of drug-likeness (QED) is 0.861. The fourth-order valence-corrected chi connectivity index (χ4v) is 6.23. The van der Waals surface area contributed by atoms with Gasteiger partial charge in [-0.2, -0.15) is 17.0 Å². The van der Waals surface area contributed by atoms with E-state index in [0.29, 0.717) is 25.6 Å². The lowest BCUT2D eigenvalue weighted by Gasteiger charge is -2.35. The zero-order chi connectivity index (χ0) is 14.2. The molecule has 2 aliphatic rings. The van der Waals surface area contributed by atoms with Gasteiger partial charge >= 0.3 is 0 Å². The van der Waals surface area contributed by atoms with Crippen molar-refractivity contribution >= 4 is 21.5 Å². The minimum absolute atomic E-state index is 0.0530. The number of hydrogen-bond acceptors (Lipinski definition) is 3. The first-order valence-electron chi connectivity index (χ1n) is 7.39. The Morgan fingerprint density at radius 3 is 2.75 bits per heavy atom. The molecule has 1 aromatic heterocycles. The van der Waals surface area contributed by atoms with E-state index < -0.39 is 10.2 Å². The first-order chi connectivity index (χ1) is 9.59. The van der Waals surface area contributed by atoms with Crippen molar-refractivity contribution in [2.24, 2.45) is 5.92 Å². The highest BCUT2D eigenvalue weighted by atomic mass is 32.2. The van der Waals surface area contributed by atoms with E-state index in [1.807, 2.05) is 11.4 Å². The molecule has 1 aromatic rings. The second kappa shape index (κ2) is 5.75. The third kappa shape index (κ3) is 2.66. The molecule has 0 aliphatic carbocycles. The third-order valence-corrected chi connectivity index (χ3v) is 7.31. The molecule has 2 saturated heterocycles. The minimum Gasteiger partial charge on any atom is -0.195 e. The molecule has 0 spiro atoms. The zero-order valence-electron chi connectivity index (χ0n) is 11.9.